The highest BCUT2D eigenvalue weighted by Gasteiger charge is 2.17. The first-order chi connectivity index (χ1) is 13.4. The molecule has 0 bridgehead atoms. The van der Waals surface area contributed by atoms with Gasteiger partial charge in [-0.3, -0.25) is 19.6 Å². The molecule has 0 aliphatic rings. The number of carbonyl (C=O) groups is 1. The Morgan fingerprint density at radius 2 is 2.25 bits per heavy atom. The SMILES string of the molecule is Cn1ncc(C#N)c1NC(=O)c1ccc(COc2cc([N+](=O)[O-])ccc2Cl)o1. The number of ether oxygens (including phenoxy) is 1. The van der Waals surface area contributed by atoms with E-state index in [1.807, 2.05) is 6.07 Å². The molecular weight excluding hydrogens is 390 g/mol. The first-order valence-corrected chi connectivity index (χ1v) is 8.15. The van der Waals surface area contributed by atoms with Crippen molar-refractivity contribution in [3.8, 4) is 11.8 Å². The Hall–Kier alpha value is -3.84. The number of aromatic nitrogens is 2. The van der Waals surface area contributed by atoms with Crippen LogP contribution in [-0.4, -0.2) is 20.6 Å². The fourth-order valence-corrected chi connectivity index (χ4v) is 2.45. The molecule has 3 rings (SSSR count). The summed E-state index contributed by atoms with van der Waals surface area (Å²) in [7, 11) is 1.58. The summed E-state index contributed by atoms with van der Waals surface area (Å²) in [5.41, 5.74) is 0.0506. The van der Waals surface area contributed by atoms with Crippen molar-refractivity contribution in [2.45, 2.75) is 6.61 Å². The van der Waals surface area contributed by atoms with Crippen LogP contribution in [0, 0.1) is 21.4 Å². The van der Waals surface area contributed by atoms with E-state index in [0.717, 1.165) is 0 Å². The molecule has 10 nitrogen and oxygen atoms in total. The lowest BCUT2D eigenvalue weighted by molar-refractivity contribution is -0.384. The number of nitrogens with zero attached hydrogens (tertiary/aromatic N) is 4. The van der Waals surface area contributed by atoms with Crippen molar-refractivity contribution in [2.75, 3.05) is 5.32 Å². The van der Waals surface area contributed by atoms with Gasteiger partial charge in [0.1, 0.15) is 35.6 Å². The number of nitro benzene ring substituents is 1. The maximum absolute atomic E-state index is 12.3. The van der Waals surface area contributed by atoms with Gasteiger partial charge in [-0.25, -0.2) is 0 Å². The van der Waals surface area contributed by atoms with Gasteiger partial charge >= 0.3 is 0 Å². The van der Waals surface area contributed by atoms with Crippen molar-refractivity contribution in [3.05, 3.63) is 68.7 Å². The van der Waals surface area contributed by atoms with E-state index in [9.17, 15) is 14.9 Å². The number of rotatable bonds is 6. The van der Waals surface area contributed by atoms with E-state index in [2.05, 4.69) is 10.4 Å². The fourth-order valence-electron chi connectivity index (χ4n) is 2.28. The van der Waals surface area contributed by atoms with Crippen molar-refractivity contribution in [1.82, 2.24) is 9.78 Å². The highest BCUT2D eigenvalue weighted by molar-refractivity contribution is 6.32. The second-order valence-corrected chi connectivity index (χ2v) is 5.93. The number of anilines is 1. The number of nitriles is 1. The molecule has 2 heterocycles. The molecule has 0 aliphatic carbocycles. The van der Waals surface area contributed by atoms with Gasteiger partial charge in [0.05, 0.1) is 22.2 Å². The van der Waals surface area contributed by atoms with Crippen LogP contribution in [0.25, 0.3) is 0 Å². The summed E-state index contributed by atoms with van der Waals surface area (Å²) in [6, 6.07) is 8.70. The molecule has 0 radical (unpaired) electrons. The van der Waals surface area contributed by atoms with E-state index < -0.39 is 10.8 Å². The third-order valence-electron chi connectivity index (χ3n) is 3.67. The number of hydrogen-bond donors (Lipinski definition) is 1. The molecule has 28 heavy (non-hydrogen) atoms. The van der Waals surface area contributed by atoms with Gasteiger partial charge in [-0.2, -0.15) is 10.4 Å². The highest BCUT2D eigenvalue weighted by atomic mass is 35.5. The van der Waals surface area contributed by atoms with Crippen LogP contribution in [0.15, 0.2) is 40.9 Å². The quantitative estimate of drug-likeness (QED) is 0.494. The average Bonchev–Trinajstić information content (AvgIpc) is 3.28. The van der Waals surface area contributed by atoms with Gasteiger partial charge in [-0.15, -0.1) is 0 Å². The monoisotopic (exact) mass is 401 g/mol. The van der Waals surface area contributed by atoms with E-state index in [4.69, 9.17) is 26.0 Å². The van der Waals surface area contributed by atoms with Gasteiger partial charge in [0.2, 0.25) is 0 Å². The molecule has 11 heteroatoms. The number of furan rings is 1. The van der Waals surface area contributed by atoms with E-state index in [-0.39, 0.29) is 40.2 Å². The van der Waals surface area contributed by atoms with Crippen LogP contribution in [0.3, 0.4) is 0 Å². The predicted octanol–water partition coefficient (Wildman–Crippen LogP) is 3.28. The van der Waals surface area contributed by atoms with E-state index in [1.54, 1.807) is 7.05 Å². The van der Waals surface area contributed by atoms with E-state index >= 15 is 0 Å². The number of aryl methyl sites for hydroxylation is 1. The number of nitrogens with one attached hydrogen (secondary N) is 1. The Bertz CT molecular complexity index is 1100. The van der Waals surface area contributed by atoms with Crippen molar-refractivity contribution in [2.24, 2.45) is 7.05 Å². The highest BCUT2D eigenvalue weighted by Crippen LogP contribution is 2.29. The molecular formula is C17H12ClN5O5. The van der Waals surface area contributed by atoms with Crippen LogP contribution in [-0.2, 0) is 13.7 Å². The standard InChI is InChI=1S/C17H12ClN5O5/c1-22-16(10(7-19)8-20-22)21-17(24)14-5-3-12(28-14)9-27-15-6-11(23(25)26)2-4-13(15)18/h2-6,8H,9H2,1H3,(H,21,24). The zero-order chi connectivity index (χ0) is 20.3. The molecule has 0 fully saturated rings. The van der Waals surface area contributed by atoms with Gasteiger partial charge in [0, 0.05) is 13.1 Å². The molecule has 0 saturated carbocycles. The minimum absolute atomic E-state index is 0.00571. The molecule has 1 N–H and O–H groups in total. The summed E-state index contributed by atoms with van der Waals surface area (Å²) in [6.07, 6.45) is 1.33. The van der Waals surface area contributed by atoms with Crippen molar-refractivity contribution < 1.29 is 18.9 Å². The average molecular weight is 402 g/mol. The lowest BCUT2D eigenvalue weighted by atomic mass is 10.3. The summed E-state index contributed by atoms with van der Waals surface area (Å²) in [6.45, 7) is -0.0939. The Kier molecular flexibility index (Phi) is 5.28. The van der Waals surface area contributed by atoms with Crippen molar-refractivity contribution >= 4 is 29.0 Å². The van der Waals surface area contributed by atoms with Crippen LogP contribution in [0.2, 0.25) is 5.02 Å². The third-order valence-corrected chi connectivity index (χ3v) is 3.98. The maximum Gasteiger partial charge on any atom is 0.292 e. The minimum atomic E-state index is -0.570. The zero-order valence-electron chi connectivity index (χ0n) is 14.4. The second-order valence-electron chi connectivity index (χ2n) is 5.52. The van der Waals surface area contributed by atoms with E-state index in [0.29, 0.717) is 5.76 Å². The van der Waals surface area contributed by atoms with Gasteiger partial charge in [-0.1, -0.05) is 11.6 Å². The number of benzene rings is 1. The zero-order valence-corrected chi connectivity index (χ0v) is 15.1. The van der Waals surface area contributed by atoms with E-state index in [1.165, 1.54) is 41.2 Å². The summed E-state index contributed by atoms with van der Waals surface area (Å²) in [5.74, 6) is 0.0867. The molecule has 0 unspecified atom stereocenters. The normalized spacial score (nSPS) is 10.3. The Balaban J connectivity index is 1.68. The van der Waals surface area contributed by atoms with Gasteiger partial charge in [-0.05, 0) is 18.2 Å². The second kappa shape index (κ2) is 7.81. The van der Waals surface area contributed by atoms with Gasteiger partial charge in [0.25, 0.3) is 11.6 Å². The molecule has 2 aromatic heterocycles. The molecule has 1 amide bonds. The first-order valence-electron chi connectivity index (χ1n) is 7.78. The summed E-state index contributed by atoms with van der Waals surface area (Å²) in [5, 5.41) is 26.5. The largest absolute Gasteiger partial charge is 0.484 e. The predicted molar refractivity (Wildman–Crippen MR) is 97.0 cm³/mol. The molecule has 0 atom stereocenters. The number of non-ortho nitro benzene ring substituents is 1. The third kappa shape index (κ3) is 3.94. The van der Waals surface area contributed by atoms with Gasteiger partial charge in [0.15, 0.2) is 5.76 Å². The summed E-state index contributed by atoms with van der Waals surface area (Å²) >= 11 is 5.97. The van der Waals surface area contributed by atoms with Crippen molar-refractivity contribution in [3.63, 3.8) is 0 Å². The molecule has 0 aliphatic heterocycles. The van der Waals surface area contributed by atoms with Crippen LogP contribution >= 0.6 is 11.6 Å². The first kappa shape index (κ1) is 18.9. The molecule has 0 spiro atoms. The Labute approximate surface area is 163 Å². The van der Waals surface area contributed by atoms with Crippen LogP contribution in [0.1, 0.15) is 21.9 Å². The maximum atomic E-state index is 12.3. The smallest absolute Gasteiger partial charge is 0.292 e. The van der Waals surface area contributed by atoms with Crippen LogP contribution < -0.4 is 10.1 Å². The number of halogens is 1. The lowest BCUT2D eigenvalue weighted by Gasteiger charge is -2.06. The lowest BCUT2D eigenvalue weighted by Crippen LogP contribution is -2.14. The van der Waals surface area contributed by atoms with Crippen LogP contribution in [0.4, 0.5) is 11.5 Å². The Morgan fingerprint density at radius 1 is 1.46 bits per heavy atom. The minimum Gasteiger partial charge on any atom is -0.484 e. The number of nitro groups is 1. The number of amides is 1. The molecule has 1 aromatic carbocycles. The van der Waals surface area contributed by atoms with Crippen molar-refractivity contribution in [1.29, 1.82) is 5.26 Å². The molecule has 3 aromatic rings. The Morgan fingerprint density at radius 3 is 2.96 bits per heavy atom. The topological polar surface area (TPSA) is 136 Å². The number of hydrogen-bond acceptors (Lipinski definition) is 7. The summed E-state index contributed by atoms with van der Waals surface area (Å²) < 4.78 is 12.2. The molecule has 0 saturated heterocycles. The molecule has 142 valence electrons. The fraction of sp³-hybridized carbons (Fsp3) is 0.118. The number of carbonyl (C=O) groups excluding carboxylic acids is 1. The summed E-state index contributed by atoms with van der Waals surface area (Å²) in [4.78, 5) is 22.6. The van der Waals surface area contributed by atoms with Crippen LogP contribution in [0.5, 0.6) is 5.75 Å². The van der Waals surface area contributed by atoms with Gasteiger partial charge < -0.3 is 14.5 Å².